The second kappa shape index (κ2) is 10.2. The van der Waals surface area contributed by atoms with Gasteiger partial charge in [0.1, 0.15) is 23.0 Å². The summed E-state index contributed by atoms with van der Waals surface area (Å²) in [7, 11) is 6.76. The quantitative estimate of drug-likeness (QED) is 0.367. The van der Waals surface area contributed by atoms with Crippen molar-refractivity contribution in [3.63, 3.8) is 0 Å². The first kappa shape index (κ1) is 25.5. The van der Waals surface area contributed by atoms with Crippen LogP contribution in [0.15, 0.2) is 12.4 Å². The summed E-state index contributed by atoms with van der Waals surface area (Å²) in [6.07, 6.45) is 4.10. The highest BCUT2D eigenvalue weighted by Crippen LogP contribution is 2.34. The molecule has 0 saturated carbocycles. The minimum absolute atomic E-state index is 0.201. The Labute approximate surface area is 216 Å². The predicted molar refractivity (Wildman–Crippen MR) is 133 cm³/mol. The van der Waals surface area contributed by atoms with E-state index in [-0.39, 0.29) is 28.8 Å². The molecular formula is C22H27Cl2N6O4S+. The van der Waals surface area contributed by atoms with Crippen LogP contribution in [0, 0.1) is 6.92 Å². The summed E-state index contributed by atoms with van der Waals surface area (Å²) in [5.74, 6) is 0.00788. The maximum Gasteiger partial charge on any atom is 0.350 e. The Morgan fingerprint density at radius 3 is 2.63 bits per heavy atom. The SMILES string of the molecule is COC(=O)c1sc(N2CC[C@@H](NC(=O)c3[nH]c(C)c(Cl)c3Cl)[C@@H](OC)C2)nc1-c1n(C)cc[n+]1C. The van der Waals surface area contributed by atoms with Crippen LogP contribution < -0.4 is 14.8 Å². The lowest BCUT2D eigenvalue weighted by molar-refractivity contribution is -0.659. The highest BCUT2D eigenvalue weighted by atomic mass is 35.5. The maximum atomic E-state index is 12.8. The largest absolute Gasteiger partial charge is 0.465 e. The first-order valence-electron chi connectivity index (χ1n) is 10.9. The molecule has 2 atom stereocenters. The zero-order valence-corrected chi connectivity index (χ0v) is 22.3. The van der Waals surface area contributed by atoms with E-state index in [0.717, 1.165) is 5.82 Å². The number of nitrogens with zero attached hydrogens (tertiary/aromatic N) is 4. The van der Waals surface area contributed by atoms with E-state index in [1.54, 1.807) is 14.0 Å². The Morgan fingerprint density at radius 2 is 2.06 bits per heavy atom. The summed E-state index contributed by atoms with van der Waals surface area (Å²) < 4.78 is 14.6. The predicted octanol–water partition coefficient (Wildman–Crippen LogP) is 2.73. The van der Waals surface area contributed by atoms with Crippen LogP contribution in [-0.2, 0) is 23.6 Å². The van der Waals surface area contributed by atoms with Crippen molar-refractivity contribution in [2.45, 2.75) is 25.5 Å². The van der Waals surface area contributed by atoms with Crippen LogP contribution in [0.5, 0.6) is 0 Å². The first-order valence-corrected chi connectivity index (χ1v) is 12.5. The number of aromatic nitrogens is 4. The monoisotopic (exact) mass is 541 g/mol. The van der Waals surface area contributed by atoms with Crippen LogP contribution in [0.2, 0.25) is 10.0 Å². The molecule has 1 fully saturated rings. The number of hydrogen-bond acceptors (Lipinski definition) is 7. The Bertz CT molecular complexity index is 1250. The fourth-order valence-electron chi connectivity index (χ4n) is 4.21. The van der Waals surface area contributed by atoms with Crippen LogP contribution >= 0.6 is 34.5 Å². The highest BCUT2D eigenvalue weighted by molar-refractivity contribution is 7.17. The van der Waals surface area contributed by atoms with E-state index < -0.39 is 5.97 Å². The minimum Gasteiger partial charge on any atom is -0.465 e. The van der Waals surface area contributed by atoms with Gasteiger partial charge in [-0.1, -0.05) is 34.5 Å². The van der Waals surface area contributed by atoms with Crippen molar-refractivity contribution in [2.75, 3.05) is 32.2 Å². The van der Waals surface area contributed by atoms with Gasteiger partial charge in [0.25, 0.3) is 5.91 Å². The van der Waals surface area contributed by atoms with Crippen molar-refractivity contribution in [1.29, 1.82) is 0 Å². The molecule has 0 radical (unpaired) electrons. The third kappa shape index (κ3) is 4.77. The number of rotatable bonds is 6. The number of aromatic amines is 1. The Morgan fingerprint density at radius 1 is 1.31 bits per heavy atom. The summed E-state index contributed by atoms with van der Waals surface area (Å²) in [4.78, 5) is 35.6. The number of piperidine rings is 1. The Balaban J connectivity index is 1.55. The number of halogens is 2. The van der Waals surface area contributed by atoms with E-state index >= 15 is 0 Å². The molecule has 4 heterocycles. The van der Waals surface area contributed by atoms with Crippen LogP contribution in [-0.4, -0.2) is 65.9 Å². The highest BCUT2D eigenvalue weighted by Gasteiger charge is 2.35. The van der Waals surface area contributed by atoms with Gasteiger partial charge in [0.05, 0.1) is 43.4 Å². The number of carbonyl (C=O) groups is 2. The molecule has 0 bridgehead atoms. The molecule has 1 aliphatic heterocycles. The molecule has 0 aliphatic carbocycles. The molecule has 2 N–H and O–H groups in total. The van der Waals surface area contributed by atoms with Gasteiger partial charge in [0.2, 0.25) is 0 Å². The number of ether oxygens (including phenoxy) is 2. The number of H-pyrrole nitrogens is 1. The molecule has 10 nitrogen and oxygen atoms in total. The second-order valence-corrected chi connectivity index (χ2v) is 10.1. The lowest BCUT2D eigenvalue weighted by Crippen LogP contribution is -2.55. The molecule has 0 unspecified atom stereocenters. The molecule has 13 heteroatoms. The van der Waals surface area contributed by atoms with Crippen molar-refractivity contribution in [3.05, 3.63) is 38.7 Å². The number of esters is 1. The minimum atomic E-state index is -0.438. The number of hydrogen-bond donors (Lipinski definition) is 2. The summed E-state index contributed by atoms with van der Waals surface area (Å²) in [6, 6.07) is -0.243. The van der Waals surface area contributed by atoms with Gasteiger partial charge in [-0.25, -0.2) is 18.9 Å². The number of aryl methyl sites for hydroxylation is 3. The van der Waals surface area contributed by atoms with E-state index in [1.165, 1.54) is 18.4 Å². The summed E-state index contributed by atoms with van der Waals surface area (Å²) in [5.41, 5.74) is 1.42. The molecular weight excluding hydrogens is 515 g/mol. The van der Waals surface area contributed by atoms with Gasteiger partial charge in [-0.2, -0.15) is 0 Å². The number of imidazole rings is 1. The molecule has 35 heavy (non-hydrogen) atoms. The van der Waals surface area contributed by atoms with Crippen LogP contribution in [0.25, 0.3) is 11.5 Å². The number of nitrogens with one attached hydrogen (secondary N) is 2. The lowest BCUT2D eigenvalue weighted by atomic mass is 10.0. The number of amides is 1. The summed E-state index contributed by atoms with van der Waals surface area (Å²) in [5, 5.41) is 4.23. The van der Waals surface area contributed by atoms with E-state index in [9.17, 15) is 9.59 Å². The van der Waals surface area contributed by atoms with Crippen molar-refractivity contribution in [3.8, 4) is 11.5 Å². The Kier molecular flexibility index (Phi) is 7.41. The van der Waals surface area contributed by atoms with E-state index in [4.69, 9.17) is 37.7 Å². The van der Waals surface area contributed by atoms with E-state index in [0.29, 0.717) is 45.9 Å². The number of methoxy groups -OCH3 is 2. The van der Waals surface area contributed by atoms with Gasteiger partial charge in [-0.3, -0.25) is 4.79 Å². The zero-order valence-electron chi connectivity index (χ0n) is 20.0. The molecule has 3 aromatic heterocycles. The van der Waals surface area contributed by atoms with Crippen molar-refractivity contribution in [2.24, 2.45) is 14.1 Å². The van der Waals surface area contributed by atoms with Gasteiger partial charge in [-0.15, -0.1) is 0 Å². The summed E-state index contributed by atoms with van der Waals surface area (Å²) in [6.45, 7) is 2.84. The number of thiazole rings is 1. The van der Waals surface area contributed by atoms with Crippen molar-refractivity contribution < 1.29 is 23.6 Å². The van der Waals surface area contributed by atoms with Crippen molar-refractivity contribution >= 4 is 51.5 Å². The van der Waals surface area contributed by atoms with E-state index in [1.807, 2.05) is 35.6 Å². The first-order chi connectivity index (χ1) is 16.7. The molecule has 1 saturated heterocycles. The molecule has 1 amide bonds. The van der Waals surface area contributed by atoms with Crippen LogP contribution in [0.1, 0.15) is 32.3 Å². The number of anilines is 1. The van der Waals surface area contributed by atoms with Crippen LogP contribution in [0.4, 0.5) is 5.13 Å². The standard InChI is InChI=1S/C22H26Cl2N6O4S/c1-11-14(23)15(24)16(25-11)19(31)26-12-6-7-30(10-13(12)33-4)22-27-17(18(35-22)21(32)34-5)20-28(2)8-9-29(20)3/h8-9,12-13H,6-7,10H2,1-5H3,(H-,25,26,31)/p+1/t12-,13+/m1/s1. The maximum absolute atomic E-state index is 12.8. The average Bonchev–Trinajstić information content (AvgIpc) is 3.50. The third-order valence-electron chi connectivity index (χ3n) is 6.11. The van der Waals surface area contributed by atoms with Crippen LogP contribution in [0.3, 0.4) is 0 Å². The second-order valence-electron chi connectivity index (χ2n) is 8.35. The smallest absolute Gasteiger partial charge is 0.350 e. The van der Waals surface area contributed by atoms with Gasteiger partial charge in [0.15, 0.2) is 10.8 Å². The summed E-state index contributed by atoms with van der Waals surface area (Å²) >= 11 is 13.6. The molecule has 0 aromatic carbocycles. The van der Waals surface area contributed by atoms with Gasteiger partial charge >= 0.3 is 11.8 Å². The fourth-order valence-corrected chi connectivity index (χ4v) is 5.64. The van der Waals surface area contributed by atoms with Crippen molar-refractivity contribution in [1.82, 2.24) is 19.9 Å². The average molecular weight is 542 g/mol. The topological polar surface area (TPSA) is 105 Å². The molecule has 188 valence electrons. The van der Waals surface area contributed by atoms with Gasteiger partial charge in [-0.05, 0) is 13.3 Å². The van der Waals surface area contributed by atoms with Gasteiger partial charge < -0.3 is 24.7 Å². The molecule has 1 aliphatic rings. The fraction of sp³-hybridized carbons (Fsp3) is 0.455. The van der Waals surface area contributed by atoms with E-state index in [2.05, 4.69) is 15.2 Å². The number of carbonyl (C=O) groups excluding carboxylic acids is 2. The normalized spacial score (nSPS) is 18.1. The Hall–Kier alpha value is -2.60. The zero-order chi connectivity index (χ0) is 25.4. The third-order valence-corrected chi connectivity index (χ3v) is 8.15. The molecule has 3 aromatic rings. The molecule has 0 spiro atoms. The lowest BCUT2D eigenvalue weighted by Gasteiger charge is -2.37. The molecule has 4 rings (SSSR count). The van der Waals surface area contributed by atoms with Gasteiger partial charge in [0, 0.05) is 25.9 Å².